The fraction of sp³-hybridized carbons (Fsp3) is 0.343. The molecule has 0 spiro atoms. The van der Waals surface area contributed by atoms with E-state index in [4.69, 9.17) is 0 Å². The van der Waals surface area contributed by atoms with Gasteiger partial charge in [-0.25, -0.2) is 0 Å². The van der Waals surface area contributed by atoms with E-state index in [1.54, 1.807) is 0 Å². The molecule has 3 aromatic carbocycles. The molecule has 0 atom stereocenters. The van der Waals surface area contributed by atoms with Crippen LogP contribution in [-0.2, 0) is 22.4 Å². The molecule has 0 radical (unpaired) electrons. The summed E-state index contributed by atoms with van der Waals surface area (Å²) in [6.45, 7) is 18.2. The van der Waals surface area contributed by atoms with Crippen LogP contribution >= 0.6 is 0 Å². The monoisotopic (exact) mass is 701 g/mol. The minimum atomic E-state index is 0. The molecule has 1 aliphatic heterocycles. The van der Waals surface area contributed by atoms with Gasteiger partial charge in [0.1, 0.15) is 0 Å². The summed E-state index contributed by atoms with van der Waals surface area (Å²) in [5.74, 6) is 1.84. The largest absolute Gasteiger partial charge is 1.00 e. The summed E-state index contributed by atoms with van der Waals surface area (Å²) in [5, 5.41) is 1.22. The smallest absolute Gasteiger partial charge is 0.664 e. The second-order valence-electron chi connectivity index (χ2n) is 11.3. The molecular formula is C35H42AuN3+2. The molecule has 0 saturated carbocycles. The van der Waals surface area contributed by atoms with Crippen molar-refractivity contribution in [3.63, 3.8) is 0 Å². The van der Waals surface area contributed by atoms with Gasteiger partial charge in [-0.15, -0.1) is 5.52 Å². The summed E-state index contributed by atoms with van der Waals surface area (Å²) in [5.41, 5.74) is 9.13. The standard InChI is InChI=1S/C27H36N2.C8H6N.Au/c1-18(2)22-11-9-12-23(19(3)4)26(22)28-15-16-29(17-28)27-24(20(5)6)13-10-14-25(27)21(7)8;1-2-4-8-7(3-1)5-6-9-8;/h9-16,18-21H,1-8H3;1-6H;/q+2;-1;+1. The van der Waals surface area contributed by atoms with Crippen LogP contribution in [0.5, 0.6) is 0 Å². The van der Waals surface area contributed by atoms with Crippen molar-refractivity contribution in [2.75, 3.05) is 0 Å². The van der Waals surface area contributed by atoms with E-state index >= 15 is 0 Å². The van der Waals surface area contributed by atoms with Crippen LogP contribution in [0.4, 0.5) is 11.4 Å². The molecule has 0 saturated heterocycles. The van der Waals surface area contributed by atoms with Crippen LogP contribution < -0.4 is 4.98 Å². The van der Waals surface area contributed by atoms with Crippen molar-refractivity contribution in [2.45, 2.75) is 79.1 Å². The minimum Gasteiger partial charge on any atom is -0.664 e. The van der Waals surface area contributed by atoms with Crippen molar-refractivity contribution < 1.29 is 31.5 Å². The maximum atomic E-state index is 4.12. The van der Waals surface area contributed by atoms with Gasteiger partial charge in [0.05, 0.1) is 0 Å². The molecule has 2 heterocycles. The zero-order valence-electron chi connectivity index (χ0n) is 24.5. The maximum absolute atomic E-state index is 4.12. The van der Waals surface area contributed by atoms with E-state index in [9.17, 15) is 0 Å². The van der Waals surface area contributed by atoms with Crippen molar-refractivity contribution >= 4 is 28.3 Å². The Balaban J connectivity index is 0.000000352. The fourth-order valence-electron chi connectivity index (χ4n) is 5.09. The molecule has 0 N–H and O–H groups in total. The van der Waals surface area contributed by atoms with E-state index in [1.807, 2.05) is 30.5 Å². The number of benzene rings is 3. The SMILES string of the molecule is CC(C)c1cccc(C(C)C)c1[N+]1=C=[N+](c2c(C(C)C)cccc2C(C)C)C=C1.[Au+].c1ccc2[n-]ccc2c1. The number of para-hydroxylation sites is 3. The Morgan fingerprint density at radius 3 is 1.33 bits per heavy atom. The summed E-state index contributed by atoms with van der Waals surface area (Å²) in [4.78, 5) is 4.12. The Kier molecular flexibility index (Phi) is 10.5. The molecule has 0 unspecified atom stereocenters. The fourth-order valence-corrected chi connectivity index (χ4v) is 5.09. The van der Waals surface area contributed by atoms with Crippen LogP contribution in [0, 0.1) is 0 Å². The molecule has 1 aliphatic rings. The average molecular weight is 702 g/mol. The van der Waals surface area contributed by atoms with Gasteiger partial charge in [0.25, 0.3) is 12.4 Å². The molecular weight excluding hydrogens is 659 g/mol. The first kappa shape index (κ1) is 30.6. The van der Waals surface area contributed by atoms with Gasteiger partial charge in [-0.2, -0.15) is 6.20 Å². The Bertz CT molecular complexity index is 1350. The first-order valence-corrected chi connectivity index (χ1v) is 13.9. The Morgan fingerprint density at radius 1 is 0.538 bits per heavy atom. The second kappa shape index (κ2) is 13.4. The molecule has 0 aliphatic carbocycles. The van der Waals surface area contributed by atoms with Crippen LogP contribution in [-0.4, -0.2) is 15.2 Å². The minimum absolute atomic E-state index is 0. The van der Waals surface area contributed by atoms with E-state index in [0.29, 0.717) is 23.7 Å². The number of fused-ring (bicyclic) bond motifs is 1. The van der Waals surface area contributed by atoms with Gasteiger partial charge < -0.3 is 4.98 Å². The van der Waals surface area contributed by atoms with Crippen molar-refractivity contribution in [2.24, 2.45) is 0 Å². The van der Waals surface area contributed by atoms with E-state index in [1.165, 1.54) is 39.0 Å². The van der Waals surface area contributed by atoms with E-state index in [2.05, 4.69) is 130 Å². The molecule has 3 nitrogen and oxygen atoms in total. The molecule has 0 bridgehead atoms. The maximum Gasteiger partial charge on any atom is 1.00 e. The normalized spacial score (nSPS) is 12.6. The quantitative estimate of drug-likeness (QED) is 0.145. The third kappa shape index (κ3) is 6.80. The van der Waals surface area contributed by atoms with E-state index < -0.39 is 0 Å². The van der Waals surface area contributed by atoms with Crippen LogP contribution in [0.25, 0.3) is 10.9 Å². The predicted molar refractivity (Wildman–Crippen MR) is 160 cm³/mol. The van der Waals surface area contributed by atoms with Gasteiger partial charge in [0.2, 0.25) is 11.4 Å². The van der Waals surface area contributed by atoms with Crippen LogP contribution in [0.1, 0.15) is 101 Å². The molecule has 206 valence electrons. The second-order valence-corrected chi connectivity index (χ2v) is 11.3. The van der Waals surface area contributed by atoms with Crippen LogP contribution in [0.2, 0.25) is 0 Å². The Morgan fingerprint density at radius 2 is 0.949 bits per heavy atom. The van der Waals surface area contributed by atoms with Gasteiger partial charge in [-0.1, -0.05) is 131 Å². The first-order valence-electron chi connectivity index (χ1n) is 13.9. The number of nitrogens with zero attached hydrogens (tertiary/aromatic N) is 3. The Labute approximate surface area is 250 Å². The third-order valence-corrected chi connectivity index (χ3v) is 7.15. The first-order chi connectivity index (χ1) is 18.2. The van der Waals surface area contributed by atoms with Gasteiger partial charge in [-0.3, -0.25) is 0 Å². The summed E-state index contributed by atoms with van der Waals surface area (Å²) in [7, 11) is 0. The zero-order valence-corrected chi connectivity index (χ0v) is 26.7. The predicted octanol–water partition coefficient (Wildman–Crippen LogP) is 9.62. The topological polar surface area (TPSA) is 20.1 Å². The molecule has 4 aromatic rings. The molecule has 5 rings (SSSR count). The Hall–Kier alpha value is -2.94. The van der Waals surface area contributed by atoms with Crippen molar-refractivity contribution in [1.29, 1.82) is 0 Å². The molecule has 39 heavy (non-hydrogen) atoms. The van der Waals surface area contributed by atoms with Gasteiger partial charge >= 0.3 is 28.4 Å². The number of rotatable bonds is 6. The summed E-state index contributed by atoms with van der Waals surface area (Å²) in [6.07, 6.45) is 6.15. The van der Waals surface area contributed by atoms with Gasteiger partial charge in [0, 0.05) is 22.3 Å². The number of aromatic nitrogens is 1. The molecule has 0 fully saturated rings. The van der Waals surface area contributed by atoms with Crippen molar-refractivity contribution in [1.82, 2.24) is 4.98 Å². The zero-order chi connectivity index (χ0) is 27.4. The van der Waals surface area contributed by atoms with Crippen molar-refractivity contribution in [3.8, 4) is 0 Å². The van der Waals surface area contributed by atoms with Crippen molar-refractivity contribution in [3.05, 3.63) is 108 Å². The molecule has 0 amide bonds. The van der Waals surface area contributed by atoms with Gasteiger partial charge in [0.15, 0.2) is 0 Å². The average Bonchev–Trinajstić information content (AvgIpc) is 3.58. The van der Waals surface area contributed by atoms with Crippen LogP contribution in [0.15, 0.2) is 85.3 Å². The van der Waals surface area contributed by atoms with E-state index in [-0.39, 0.29) is 22.4 Å². The van der Waals surface area contributed by atoms with Gasteiger partial charge in [-0.05, 0) is 29.1 Å². The molecule has 1 aromatic heterocycles. The summed E-state index contributed by atoms with van der Waals surface area (Å²) in [6, 6.07) is 27.2. The number of hydrogen-bond donors (Lipinski definition) is 0. The summed E-state index contributed by atoms with van der Waals surface area (Å²) < 4.78 is 4.40. The molecule has 4 heteroatoms. The number of hydrogen-bond acceptors (Lipinski definition) is 0. The third-order valence-electron chi connectivity index (χ3n) is 7.15. The summed E-state index contributed by atoms with van der Waals surface area (Å²) >= 11 is 0. The van der Waals surface area contributed by atoms with E-state index in [0.717, 1.165) is 5.52 Å². The van der Waals surface area contributed by atoms with Crippen LogP contribution in [0.3, 0.4) is 0 Å².